The fraction of sp³-hybridized carbons (Fsp3) is 0.500. The van der Waals surface area contributed by atoms with Gasteiger partial charge in [0.1, 0.15) is 0 Å². The van der Waals surface area contributed by atoms with Gasteiger partial charge in [0.2, 0.25) is 5.91 Å². The van der Waals surface area contributed by atoms with Gasteiger partial charge in [-0.25, -0.2) is 8.42 Å². The molecule has 0 aliphatic heterocycles. The molecule has 0 fully saturated rings. The number of amides is 1. The Hall–Kier alpha value is -1.56. The summed E-state index contributed by atoms with van der Waals surface area (Å²) in [5, 5.41) is 2.69. The topological polar surface area (TPSA) is 89.3 Å². The molecule has 0 atom stereocenters. The summed E-state index contributed by atoms with van der Waals surface area (Å²) in [6.07, 6.45) is -0.0617. The quantitative estimate of drug-likeness (QED) is 0.833. The molecule has 0 radical (unpaired) electrons. The van der Waals surface area contributed by atoms with Gasteiger partial charge in [-0.15, -0.1) is 0 Å². The van der Waals surface area contributed by atoms with Crippen LogP contribution in [0.4, 0.5) is 11.4 Å². The van der Waals surface area contributed by atoms with Crippen LogP contribution in [0.2, 0.25) is 0 Å². The fourth-order valence-corrected chi connectivity index (χ4v) is 2.59. The van der Waals surface area contributed by atoms with Gasteiger partial charge in [0.25, 0.3) is 0 Å². The lowest BCUT2D eigenvalue weighted by molar-refractivity contribution is -0.115. The highest BCUT2D eigenvalue weighted by Crippen LogP contribution is 2.19. The second kappa shape index (κ2) is 5.83. The van der Waals surface area contributed by atoms with Crippen molar-refractivity contribution in [1.82, 2.24) is 0 Å². The molecule has 0 saturated heterocycles. The maximum atomic E-state index is 11.9. The first-order valence-corrected chi connectivity index (χ1v) is 8.06. The number of carbonyl (C=O) groups excluding carboxylic acids is 1. The molecule has 1 amide bonds. The Balaban J connectivity index is 2.68. The number of nitrogen functional groups attached to an aromatic ring is 1. The third-order valence-electron chi connectivity index (χ3n) is 3.07. The van der Waals surface area contributed by atoms with Gasteiger partial charge >= 0.3 is 0 Å². The lowest BCUT2D eigenvalue weighted by Gasteiger charge is -2.18. The largest absolute Gasteiger partial charge is 0.399 e. The first-order valence-electron chi connectivity index (χ1n) is 6.41. The molecule has 0 aliphatic carbocycles. The van der Waals surface area contributed by atoms with Crippen LogP contribution in [0.1, 0.15) is 32.8 Å². The van der Waals surface area contributed by atoms with Crippen LogP contribution in [0.5, 0.6) is 0 Å². The van der Waals surface area contributed by atoms with Crippen LogP contribution in [0, 0.1) is 6.92 Å². The molecule has 0 bridgehead atoms. The van der Waals surface area contributed by atoms with Crippen molar-refractivity contribution < 1.29 is 13.2 Å². The van der Waals surface area contributed by atoms with Crippen molar-refractivity contribution in [1.29, 1.82) is 0 Å². The Bertz CT molecular complexity index is 601. The van der Waals surface area contributed by atoms with Gasteiger partial charge in [0, 0.05) is 17.8 Å². The second-order valence-electron chi connectivity index (χ2n) is 5.80. The van der Waals surface area contributed by atoms with Gasteiger partial charge in [0.15, 0.2) is 9.84 Å². The average Bonchev–Trinajstić information content (AvgIpc) is 2.30. The number of rotatable bonds is 4. The second-order valence-corrected chi connectivity index (χ2v) is 8.67. The predicted molar refractivity (Wildman–Crippen MR) is 82.4 cm³/mol. The van der Waals surface area contributed by atoms with Crippen molar-refractivity contribution in [3.05, 3.63) is 23.8 Å². The predicted octanol–water partition coefficient (Wildman–Crippen LogP) is 2.12. The van der Waals surface area contributed by atoms with Gasteiger partial charge in [-0.05, 0) is 45.4 Å². The minimum absolute atomic E-state index is 0.0617. The fourth-order valence-electron chi connectivity index (χ4n) is 1.52. The van der Waals surface area contributed by atoms with E-state index in [1.54, 1.807) is 39.0 Å². The van der Waals surface area contributed by atoms with Crippen LogP contribution in [0.15, 0.2) is 18.2 Å². The zero-order chi connectivity index (χ0) is 15.6. The summed E-state index contributed by atoms with van der Waals surface area (Å²) < 4.78 is 23.0. The molecule has 3 N–H and O–H groups in total. The van der Waals surface area contributed by atoms with Gasteiger partial charge in [-0.1, -0.05) is 6.07 Å². The average molecular weight is 298 g/mol. The number of carbonyl (C=O) groups is 1. The Labute approximate surface area is 120 Å². The summed E-state index contributed by atoms with van der Waals surface area (Å²) in [5.41, 5.74) is 7.70. The van der Waals surface area contributed by atoms with E-state index in [-0.39, 0.29) is 18.1 Å². The monoisotopic (exact) mass is 298 g/mol. The van der Waals surface area contributed by atoms with Crippen molar-refractivity contribution in [2.24, 2.45) is 0 Å². The van der Waals surface area contributed by atoms with E-state index >= 15 is 0 Å². The molecule has 6 heteroatoms. The lowest BCUT2D eigenvalue weighted by atomic mass is 10.2. The highest BCUT2D eigenvalue weighted by molar-refractivity contribution is 7.92. The molecule has 5 nitrogen and oxygen atoms in total. The van der Waals surface area contributed by atoms with Crippen molar-refractivity contribution in [2.45, 2.75) is 38.9 Å². The molecule has 0 unspecified atom stereocenters. The first-order chi connectivity index (χ1) is 9.03. The maximum Gasteiger partial charge on any atom is 0.225 e. The minimum Gasteiger partial charge on any atom is -0.399 e. The molecule has 0 aliphatic rings. The SMILES string of the molecule is Cc1ccc(N)cc1NC(=O)CCS(=O)(=O)C(C)(C)C. The van der Waals surface area contributed by atoms with Crippen molar-refractivity contribution in [3.8, 4) is 0 Å². The number of benzene rings is 1. The third-order valence-corrected chi connectivity index (χ3v) is 5.67. The summed E-state index contributed by atoms with van der Waals surface area (Å²) in [5.74, 6) is -0.490. The number of anilines is 2. The summed E-state index contributed by atoms with van der Waals surface area (Å²) in [4.78, 5) is 11.8. The number of hydrogen-bond donors (Lipinski definition) is 2. The van der Waals surface area contributed by atoms with E-state index in [1.165, 1.54) is 0 Å². The van der Waals surface area contributed by atoms with Gasteiger partial charge in [-0.2, -0.15) is 0 Å². The van der Waals surface area contributed by atoms with Gasteiger partial charge in [0.05, 0.1) is 10.5 Å². The van der Waals surface area contributed by atoms with Crippen LogP contribution in [0.3, 0.4) is 0 Å². The van der Waals surface area contributed by atoms with Gasteiger partial charge in [-0.3, -0.25) is 4.79 Å². The Kier molecular flexibility index (Phi) is 4.81. The van der Waals surface area contributed by atoms with E-state index in [2.05, 4.69) is 5.32 Å². The van der Waals surface area contributed by atoms with E-state index < -0.39 is 14.6 Å². The third kappa shape index (κ3) is 4.23. The summed E-state index contributed by atoms with van der Waals surface area (Å²) in [7, 11) is -3.29. The van der Waals surface area contributed by atoms with E-state index in [0.29, 0.717) is 11.4 Å². The molecular formula is C14H22N2O3S. The van der Waals surface area contributed by atoms with Crippen LogP contribution >= 0.6 is 0 Å². The molecule has 1 aromatic carbocycles. The molecule has 0 aromatic heterocycles. The Morgan fingerprint density at radius 3 is 2.45 bits per heavy atom. The first kappa shape index (κ1) is 16.5. The highest BCUT2D eigenvalue weighted by Gasteiger charge is 2.29. The molecule has 0 saturated carbocycles. The number of nitrogens with two attached hydrogens (primary N) is 1. The minimum atomic E-state index is -3.29. The van der Waals surface area contributed by atoms with Crippen LogP contribution in [0.25, 0.3) is 0 Å². The van der Waals surface area contributed by atoms with E-state index in [9.17, 15) is 13.2 Å². The summed E-state index contributed by atoms with van der Waals surface area (Å²) in [6, 6.07) is 5.21. The zero-order valence-corrected chi connectivity index (χ0v) is 13.2. The molecule has 1 rings (SSSR count). The van der Waals surface area contributed by atoms with E-state index in [1.807, 2.05) is 6.92 Å². The van der Waals surface area contributed by atoms with Crippen molar-refractivity contribution in [2.75, 3.05) is 16.8 Å². The Morgan fingerprint density at radius 1 is 1.30 bits per heavy atom. The molecule has 112 valence electrons. The summed E-state index contributed by atoms with van der Waals surface area (Å²) in [6.45, 7) is 6.73. The highest BCUT2D eigenvalue weighted by atomic mass is 32.2. The van der Waals surface area contributed by atoms with E-state index in [4.69, 9.17) is 5.73 Å². The van der Waals surface area contributed by atoms with Gasteiger partial charge < -0.3 is 11.1 Å². The Morgan fingerprint density at radius 2 is 1.90 bits per heavy atom. The van der Waals surface area contributed by atoms with E-state index in [0.717, 1.165) is 5.56 Å². The summed E-state index contributed by atoms with van der Waals surface area (Å²) >= 11 is 0. The normalized spacial score (nSPS) is 12.2. The molecule has 0 heterocycles. The van der Waals surface area contributed by atoms with Crippen LogP contribution < -0.4 is 11.1 Å². The maximum absolute atomic E-state index is 11.9. The lowest BCUT2D eigenvalue weighted by Crippen LogP contribution is -2.32. The number of aryl methyl sites for hydroxylation is 1. The number of hydrogen-bond acceptors (Lipinski definition) is 4. The van der Waals surface area contributed by atoms with Crippen LogP contribution in [-0.4, -0.2) is 24.8 Å². The number of nitrogens with one attached hydrogen (secondary N) is 1. The standard InChI is InChI=1S/C14H22N2O3S/c1-10-5-6-11(15)9-12(10)16-13(17)7-8-20(18,19)14(2,3)4/h5-6,9H,7-8,15H2,1-4H3,(H,16,17). The molecular weight excluding hydrogens is 276 g/mol. The van der Waals surface area contributed by atoms with Crippen LogP contribution in [-0.2, 0) is 14.6 Å². The van der Waals surface area contributed by atoms with Crippen molar-refractivity contribution in [3.63, 3.8) is 0 Å². The van der Waals surface area contributed by atoms with Crippen molar-refractivity contribution >= 4 is 27.1 Å². The molecule has 0 spiro atoms. The number of sulfone groups is 1. The molecule has 1 aromatic rings. The zero-order valence-electron chi connectivity index (χ0n) is 12.4. The molecule has 20 heavy (non-hydrogen) atoms. The smallest absolute Gasteiger partial charge is 0.225 e.